The molecule has 10 nitrogen and oxygen atoms in total. The molecule has 0 aliphatic heterocycles. The van der Waals surface area contributed by atoms with Gasteiger partial charge >= 0.3 is 5.97 Å². The molecule has 214 valence electrons. The highest BCUT2D eigenvalue weighted by atomic mass is 16.6. The van der Waals surface area contributed by atoms with E-state index < -0.39 is 23.7 Å². The van der Waals surface area contributed by atoms with Crippen LogP contribution in [-0.4, -0.2) is 76.9 Å². The number of fused-ring (bicyclic) bond motifs is 1. The quantitative estimate of drug-likeness (QED) is 0.336. The van der Waals surface area contributed by atoms with E-state index in [1.165, 1.54) is 0 Å². The summed E-state index contributed by atoms with van der Waals surface area (Å²) in [4.78, 5) is 29.9. The Morgan fingerprint density at radius 1 is 1.15 bits per heavy atom. The fourth-order valence-corrected chi connectivity index (χ4v) is 4.64. The number of nitrogens with one attached hydrogen (secondary N) is 1. The summed E-state index contributed by atoms with van der Waals surface area (Å²) in [6, 6.07) is 6.97. The maximum Gasteiger partial charge on any atom is 0.326 e. The predicted molar refractivity (Wildman–Crippen MR) is 151 cm³/mol. The van der Waals surface area contributed by atoms with Crippen molar-refractivity contribution in [3.8, 4) is 11.4 Å². The third-order valence-electron chi connectivity index (χ3n) is 6.38. The second kappa shape index (κ2) is 12.9. The summed E-state index contributed by atoms with van der Waals surface area (Å²) < 4.78 is 20.1. The molecule has 0 aliphatic rings. The van der Waals surface area contributed by atoms with Crippen LogP contribution in [-0.2, 0) is 32.5 Å². The fraction of sp³-hybridized carbons (Fsp3) is 0.552. The Hall–Kier alpha value is -3.05. The van der Waals surface area contributed by atoms with E-state index in [2.05, 4.69) is 9.88 Å². The number of imidazole rings is 1. The van der Waals surface area contributed by atoms with Crippen molar-refractivity contribution in [3.63, 3.8) is 0 Å². The van der Waals surface area contributed by atoms with E-state index in [1.807, 2.05) is 24.3 Å². The Bertz CT molecular complexity index is 1310. The molecule has 0 unspecified atom stereocenters. The van der Waals surface area contributed by atoms with Crippen LogP contribution in [0.2, 0.25) is 0 Å². The third kappa shape index (κ3) is 7.54. The van der Waals surface area contributed by atoms with Crippen LogP contribution in [0.1, 0.15) is 44.9 Å². The van der Waals surface area contributed by atoms with Gasteiger partial charge in [0.1, 0.15) is 17.5 Å². The molecular formula is C29H42N4O6. The number of pyridine rings is 1. The van der Waals surface area contributed by atoms with Crippen molar-refractivity contribution in [1.29, 1.82) is 0 Å². The van der Waals surface area contributed by atoms with E-state index >= 15 is 0 Å². The molecule has 2 heterocycles. The number of hydrogen-bond acceptors (Lipinski definition) is 8. The molecular weight excluding hydrogens is 500 g/mol. The minimum Gasteiger partial charge on any atom is -0.459 e. The van der Waals surface area contributed by atoms with E-state index in [4.69, 9.17) is 19.2 Å². The van der Waals surface area contributed by atoms with Crippen LogP contribution in [0.25, 0.3) is 22.4 Å². The van der Waals surface area contributed by atoms with Gasteiger partial charge in [-0.1, -0.05) is 6.07 Å². The SMILES string of the molecule is COCC(COC)n1c(-c2cc(C)c(=O)n(C)c2)nc2cc(CCN[C@H](C(=O)OC(C)(C)C)[C@@H](C)O)ccc21. The van der Waals surface area contributed by atoms with Gasteiger partial charge in [-0.3, -0.25) is 9.59 Å². The van der Waals surface area contributed by atoms with Crippen LogP contribution in [0, 0.1) is 6.92 Å². The average molecular weight is 543 g/mol. The Morgan fingerprint density at radius 2 is 1.82 bits per heavy atom. The van der Waals surface area contributed by atoms with Gasteiger partial charge in [0.2, 0.25) is 0 Å². The highest BCUT2D eigenvalue weighted by Crippen LogP contribution is 2.30. The van der Waals surface area contributed by atoms with Crippen molar-refractivity contribution in [2.24, 2.45) is 7.05 Å². The Kier molecular flexibility index (Phi) is 10.1. The average Bonchev–Trinajstić information content (AvgIpc) is 3.22. The minimum absolute atomic E-state index is 0.0524. The molecule has 1 aromatic carbocycles. The van der Waals surface area contributed by atoms with Gasteiger partial charge in [-0.25, -0.2) is 4.98 Å². The van der Waals surface area contributed by atoms with E-state index in [0.29, 0.717) is 31.7 Å². The largest absolute Gasteiger partial charge is 0.459 e. The molecule has 2 aromatic heterocycles. The smallest absolute Gasteiger partial charge is 0.326 e. The summed E-state index contributed by atoms with van der Waals surface area (Å²) in [5, 5.41) is 13.3. The maximum atomic E-state index is 12.5. The second-order valence-corrected chi connectivity index (χ2v) is 11.0. The van der Waals surface area contributed by atoms with Gasteiger partial charge in [0.05, 0.1) is 36.4 Å². The fourth-order valence-electron chi connectivity index (χ4n) is 4.64. The standard InChI is InChI=1S/C29H42N4O6/c1-18-13-21(15-32(6)27(18)35)26-31-23-14-20(9-10-24(23)33(26)22(16-37-7)17-38-8)11-12-30-25(19(2)34)28(36)39-29(3,4)5/h9-10,13-15,19,22,25,30,34H,11-12,16-17H2,1-8H3/t19-,25+/m1/s1. The normalized spacial score (nSPS) is 13.7. The first-order valence-corrected chi connectivity index (χ1v) is 13.2. The number of aliphatic hydroxyl groups is 1. The maximum absolute atomic E-state index is 12.5. The third-order valence-corrected chi connectivity index (χ3v) is 6.38. The van der Waals surface area contributed by atoms with Crippen molar-refractivity contribution < 1.29 is 24.1 Å². The highest BCUT2D eigenvalue weighted by Gasteiger charge is 2.28. The molecule has 0 saturated heterocycles. The summed E-state index contributed by atoms with van der Waals surface area (Å²) in [5.41, 5.74) is 3.50. The topological polar surface area (TPSA) is 117 Å². The summed E-state index contributed by atoms with van der Waals surface area (Å²) >= 11 is 0. The molecule has 0 amide bonds. The van der Waals surface area contributed by atoms with Crippen LogP contribution in [0.4, 0.5) is 0 Å². The van der Waals surface area contributed by atoms with Crippen LogP contribution in [0.3, 0.4) is 0 Å². The Balaban J connectivity index is 1.94. The highest BCUT2D eigenvalue weighted by molar-refractivity contribution is 5.81. The van der Waals surface area contributed by atoms with Crippen LogP contribution < -0.4 is 10.9 Å². The van der Waals surface area contributed by atoms with Crippen molar-refractivity contribution in [1.82, 2.24) is 19.4 Å². The molecule has 2 N–H and O–H groups in total. The molecule has 2 atom stereocenters. The zero-order valence-electron chi connectivity index (χ0n) is 24.3. The number of nitrogens with zero attached hydrogens (tertiary/aromatic N) is 3. The number of esters is 1. The molecule has 0 bridgehead atoms. The molecule has 10 heteroatoms. The molecule has 0 saturated carbocycles. The number of carbonyl (C=O) groups excluding carboxylic acids is 1. The number of hydrogen-bond donors (Lipinski definition) is 2. The summed E-state index contributed by atoms with van der Waals surface area (Å²) in [6.07, 6.45) is 1.51. The van der Waals surface area contributed by atoms with Crippen molar-refractivity contribution in [2.75, 3.05) is 34.0 Å². The lowest BCUT2D eigenvalue weighted by molar-refractivity contribution is -0.160. The number of aryl methyl sites for hydroxylation is 2. The lowest BCUT2D eigenvalue weighted by Gasteiger charge is -2.26. The van der Waals surface area contributed by atoms with Gasteiger partial charge in [-0.2, -0.15) is 0 Å². The van der Waals surface area contributed by atoms with Gasteiger partial charge in [0, 0.05) is 45.1 Å². The lowest BCUT2D eigenvalue weighted by Crippen LogP contribution is -2.48. The number of rotatable bonds is 12. The monoisotopic (exact) mass is 542 g/mol. The minimum atomic E-state index is -0.899. The number of aromatic nitrogens is 3. The molecule has 0 spiro atoms. The first-order valence-electron chi connectivity index (χ1n) is 13.2. The first-order chi connectivity index (χ1) is 18.4. The number of benzene rings is 1. The van der Waals surface area contributed by atoms with Crippen LogP contribution in [0.15, 0.2) is 35.3 Å². The van der Waals surface area contributed by atoms with Crippen LogP contribution in [0.5, 0.6) is 0 Å². The molecule has 0 aliphatic carbocycles. The predicted octanol–water partition coefficient (Wildman–Crippen LogP) is 2.77. The number of methoxy groups -OCH3 is 2. The summed E-state index contributed by atoms with van der Waals surface area (Å²) in [7, 11) is 5.04. The van der Waals surface area contributed by atoms with Crippen molar-refractivity contribution in [3.05, 3.63) is 51.9 Å². The van der Waals surface area contributed by atoms with Gasteiger partial charge in [-0.05, 0) is 64.8 Å². The van der Waals surface area contributed by atoms with Gasteiger partial charge in [-0.15, -0.1) is 0 Å². The lowest BCUT2D eigenvalue weighted by atomic mass is 10.1. The second-order valence-electron chi connectivity index (χ2n) is 11.0. The zero-order chi connectivity index (χ0) is 28.9. The van der Waals surface area contributed by atoms with Gasteiger partial charge < -0.3 is 33.8 Å². The Labute approximate surface area is 229 Å². The number of ether oxygens (including phenoxy) is 3. The van der Waals surface area contributed by atoms with E-state index in [0.717, 1.165) is 28.0 Å². The summed E-state index contributed by atoms with van der Waals surface area (Å²) in [6.45, 7) is 10.1. The number of carbonyl (C=O) groups is 1. The molecule has 39 heavy (non-hydrogen) atoms. The molecule has 3 rings (SSSR count). The van der Waals surface area contributed by atoms with E-state index in [-0.39, 0.29) is 11.6 Å². The van der Waals surface area contributed by atoms with Gasteiger partial charge in [0.25, 0.3) is 5.56 Å². The van der Waals surface area contributed by atoms with E-state index in [1.54, 1.807) is 66.6 Å². The van der Waals surface area contributed by atoms with Crippen molar-refractivity contribution >= 4 is 17.0 Å². The molecule has 3 aromatic rings. The number of aliphatic hydroxyl groups excluding tert-OH is 1. The molecule has 0 fully saturated rings. The van der Waals surface area contributed by atoms with Crippen molar-refractivity contribution in [2.45, 2.75) is 64.8 Å². The van der Waals surface area contributed by atoms with E-state index in [9.17, 15) is 14.7 Å². The Morgan fingerprint density at radius 3 is 2.38 bits per heavy atom. The summed E-state index contributed by atoms with van der Waals surface area (Å²) in [5.74, 6) is 0.239. The molecule has 0 radical (unpaired) electrons. The van der Waals surface area contributed by atoms with Gasteiger partial charge in [0.15, 0.2) is 0 Å². The first kappa shape index (κ1) is 30.5. The van der Waals surface area contributed by atoms with Crippen LogP contribution >= 0.6 is 0 Å². The zero-order valence-corrected chi connectivity index (χ0v) is 24.3.